The van der Waals surface area contributed by atoms with Gasteiger partial charge in [0.1, 0.15) is 0 Å². The van der Waals surface area contributed by atoms with Crippen molar-refractivity contribution < 1.29 is 4.79 Å². The predicted molar refractivity (Wildman–Crippen MR) is 112 cm³/mol. The number of hydrogen-bond donors (Lipinski definition) is 0. The summed E-state index contributed by atoms with van der Waals surface area (Å²) in [5.41, 5.74) is 5.20. The summed E-state index contributed by atoms with van der Waals surface area (Å²) in [4.78, 5) is 23.6. The van der Waals surface area contributed by atoms with Gasteiger partial charge in [-0.05, 0) is 11.6 Å². The highest BCUT2D eigenvalue weighted by molar-refractivity contribution is 6.13. The smallest absolute Gasteiger partial charge is 0.222 e. The molecule has 1 aliphatic heterocycles. The Morgan fingerprint density at radius 2 is 1.61 bits per heavy atom. The molecule has 0 saturated heterocycles. The van der Waals surface area contributed by atoms with Crippen molar-refractivity contribution in [2.75, 3.05) is 6.54 Å². The molecule has 28 heavy (non-hydrogen) atoms. The number of aromatic nitrogens is 1. The Morgan fingerprint density at radius 1 is 0.964 bits per heavy atom. The van der Waals surface area contributed by atoms with Crippen LogP contribution in [0.4, 0.5) is 5.82 Å². The summed E-state index contributed by atoms with van der Waals surface area (Å²) < 4.78 is 0. The van der Waals surface area contributed by atoms with E-state index >= 15 is 0 Å². The second-order valence-electron chi connectivity index (χ2n) is 6.89. The van der Waals surface area contributed by atoms with Crippen LogP contribution in [0.5, 0.6) is 0 Å². The molecule has 1 amide bonds. The summed E-state index contributed by atoms with van der Waals surface area (Å²) >= 11 is 0. The number of hydrogen-bond acceptors (Lipinski definition) is 3. The topological polar surface area (TPSA) is 45.6 Å². The Bertz CT molecular complexity index is 955. The van der Waals surface area contributed by atoms with Crippen LogP contribution >= 0.6 is 0 Å². The van der Waals surface area contributed by atoms with E-state index in [0.717, 1.165) is 41.1 Å². The molecule has 0 bridgehead atoms. The van der Waals surface area contributed by atoms with Crippen molar-refractivity contribution in [2.45, 2.75) is 26.3 Å². The van der Waals surface area contributed by atoms with E-state index in [4.69, 9.17) is 9.98 Å². The Hall–Kier alpha value is -3.27. The van der Waals surface area contributed by atoms with Crippen molar-refractivity contribution in [3.8, 4) is 0 Å². The molecule has 1 aliphatic rings. The van der Waals surface area contributed by atoms with Gasteiger partial charge in [-0.3, -0.25) is 4.79 Å². The van der Waals surface area contributed by atoms with E-state index in [1.54, 1.807) is 0 Å². The zero-order valence-electron chi connectivity index (χ0n) is 16.0. The number of carbonyl (C=O) groups is 1. The summed E-state index contributed by atoms with van der Waals surface area (Å²) in [6, 6.07) is 24.4. The minimum Gasteiger partial charge on any atom is -0.338 e. The van der Waals surface area contributed by atoms with Gasteiger partial charge in [-0.2, -0.15) is 0 Å². The van der Waals surface area contributed by atoms with Gasteiger partial charge in [0, 0.05) is 42.8 Å². The first-order chi connectivity index (χ1) is 13.7. The van der Waals surface area contributed by atoms with Gasteiger partial charge in [-0.1, -0.05) is 73.7 Å². The lowest BCUT2D eigenvalue weighted by Gasteiger charge is -2.28. The predicted octanol–water partition coefficient (Wildman–Crippen LogP) is 4.55. The average molecular weight is 369 g/mol. The van der Waals surface area contributed by atoms with Gasteiger partial charge in [0.2, 0.25) is 5.91 Å². The third-order valence-corrected chi connectivity index (χ3v) is 5.01. The molecule has 0 spiro atoms. The van der Waals surface area contributed by atoms with E-state index in [0.29, 0.717) is 18.8 Å². The zero-order valence-corrected chi connectivity index (χ0v) is 16.0. The molecule has 0 radical (unpaired) electrons. The first-order valence-corrected chi connectivity index (χ1v) is 9.70. The molecule has 2 heterocycles. The zero-order chi connectivity index (χ0) is 19.3. The van der Waals surface area contributed by atoms with E-state index in [9.17, 15) is 4.79 Å². The molecular formula is C24H23N3O. The van der Waals surface area contributed by atoms with Crippen LogP contribution in [-0.4, -0.2) is 28.0 Å². The number of carbonyl (C=O) groups excluding carboxylic acids is 1. The molecule has 3 aromatic rings. The van der Waals surface area contributed by atoms with Crippen LogP contribution in [0.3, 0.4) is 0 Å². The van der Waals surface area contributed by atoms with Gasteiger partial charge in [0.15, 0.2) is 5.82 Å². The lowest BCUT2D eigenvalue weighted by molar-refractivity contribution is -0.131. The molecule has 4 rings (SSSR count). The molecule has 4 heteroatoms. The van der Waals surface area contributed by atoms with E-state index in [1.807, 2.05) is 54.3 Å². The lowest BCUT2D eigenvalue weighted by atomic mass is 10.0. The van der Waals surface area contributed by atoms with Gasteiger partial charge in [-0.25, -0.2) is 9.98 Å². The van der Waals surface area contributed by atoms with Gasteiger partial charge in [0.25, 0.3) is 0 Å². The molecule has 2 aromatic carbocycles. The quantitative estimate of drug-likeness (QED) is 0.634. The minimum absolute atomic E-state index is 0.197. The summed E-state index contributed by atoms with van der Waals surface area (Å²) in [5, 5.41) is 0. The van der Waals surface area contributed by atoms with E-state index in [-0.39, 0.29) is 5.91 Å². The number of fused-ring (bicyclic) bond motifs is 1. The maximum Gasteiger partial charge on any atom is 0.222 e. The first kappa shape index (κ1) is 18.1. The maximum atomic E-state index is 12.0. The largest absolute Gasteiger partial charge is 0.338 e. The second-order valence-corrected chi connectivity index (χ2v) is 6.89. The van der Waals surface area contributed by atoms with E-state index in [1.165, 1.54) is 0 Å². The van der Waals surface area contributed by atoms with Crippen molar-refractivity contribution in [2.24, 2.45) is 4.99 Å². The van der Waals surface area contributed by atoms with Gasteiger partial charge in [0.05, 0.1) is 5.71 Å². The summed E-state index contributed by atoms with van der Waals surface area (Å²) in [6.07, 6.45) is 1.32. The fourth-order valence-corrected chi connectivity index (χ4v) is 3.51. The van der Waals surface area contributed by atoms with Crippen LogP contribution in [0.1, 0.15) is 35.7 Å². The molecule has 4 nitrogen and oxygen atoms in total. The maximum absolute atomic E-state index is 12.0. The number of aliphatic imine (C=N–C) groups is 1. The second kappa shape index (κ2) is 8.17. The lowest BCUT2D eigenvalue weighted by Crippen LogP contribution is -2.35. The van der Waals surface area contributed by atoms with Crippen molar-refractivity contribution >= 4 is 17.4 Å². The first-order valence-electron chi connectivity index (χ1n) is 9.70. The Labute approximate surface area is 165 Å². The standard InChI is InChI=1S/C24H23N3O/c1-2-23(28)27-16-15-21-20(17-27)13-14-22(25-21)26-24(18-9-5-3-6-10-18)19-11-7-4-8-12-19/h3-14H,2,15-17H2,1H3. The van der Waals surface area contributed by atoms with Gasteiger partial charge >= 0.3 is 0 Å². The highest BCUT2D eigenvalue weighted by atomic mass is 16.2. The molecule has 140 valence electrons. The minimum atomic E-state index is 0.197. The van der Waals surface area contributed by atoms with Crippen molar-refractivity contribution in [1.82, 2.24) is 9.88 Å². The van der Waals surface area contributed by atoms with Crippen LogP contribution in [0, 0.1) is 0 Å². The van der Waals surface area contributed by atoms with E-state index in [2.05, 4.69) is 30.3 Å². The molecule has 0 saturated carbocycles. The van der Waals surface area contributed by atoms with E-state index < -0.39 is 0 Å². The fourth-order valence-electron chi connectivity index (χ4n) is 3.51. The van der Waals surface area contributed by atoms with Crippen molar-refractivity contribution in [3.05, 3.63) is 95.2 Å². The fraction of sp³-hybridized carbons (Fsp3) is 0.208. The molecule has 1 aromatic heterocycles. The van der Waals surface area contributed by atoms with Gasteiger partial charge < -0.3 is 4.90 Å². The van der Waals surface area contributed by atoms with Crippen molar-refractivity contribution in [3.63, 3.8) is 0 Å². The normalized spacial score (nSPS) is 13.0. The number of amides is 1. The van der Waals surface area contributed by atoms with Crippen LogP contribution in [0.2, 0.25) is 0 Å². The van der Waals surface area contributed by atoms with Crippen LogP contribution in [0.25, 0.3) is 0 Å². The third kappa shape index (κ3) is 3.86. The number of nitrogens with zero attached hydrogens (tertiary/aromatic N) is 3. The molecular weight excluding hydrogens is 346 g/mol. The number of pyridine rings is 1. The molecule has 0 aliphatic carbocycles. The van der Waals surface area contributed by atoms with Crippen molar-refractivity contribution in [1.29, 1.82) is 0 Å². The summed E-state index contributed by atoms with van der Waals surface area (Å²) in [6.45, 7) is 3.27. The van der Waals surface area contributed by atoms with Crippen LogP contribution in [-0.2, 0) is 17.8 Å². The number of rotatable bonds is 4. The Morgan fingerprint density at radius 3 is 2.21 bits per heavy atom. The molecule has 0 atom stereocenters. The number of benzene rings is 2. The summed E-state index contributed by atoms with van der Waals surface area (Å²) in [7, 11) is 0. The van der Waals surface area contributed by atoms with Gasteiger partial charge in [-0.15, -0.1) is 0 Å². The van der Waals surface area contributed by atoms with Crippen LogP contribution in [0.15, 0.2) is 77.8 Å². The third-order valence-electron chi connectivity index (χ3n) is 5.01. The highest BCUT2D eigenvalue weighted by Crippen LogP contribution is 2.23. The molecule has 0 fully saturated rings. The SMILES string of the molecule is CCC(=O)N1CCc2nc(N=C(c3ccccc3)c3ccccc3)ccc2C1. The Balaban J connectivity index is 1.69. The monoisotopic (exact) mass is 369 g/mol. The summed E-state index contributed by atoms with van der Waals surface area (Å²) in [5.74, 6) is 0.903. The molecule has 0 N–H and O–H groups in total. The molecule has 0 unspecified atom stereocenters. The highest BCUT2D eigenvalue weighted by Gasteiger charge is 2.20. The average Bonchev–Trinajstić information content (AvgIpc) is 2.77. The van der Waals surface area contributed by atoms with Crippen LogP contribution < -0.4 is 0 Å². The Kier molecular flexibility index (Phi) is 5.29.